The van der Waals surface area contributed by atoms with Crippen LogP contribution in [-0.2, 0) is 0 Å². The van der Waals surface area contributed by atoms with E-state index < -0.39 is 41.9 Å². The van der Waals surface area contributed by atoms with E-state index in [9.17, 15) is 22.0 Å². The van der Waals surface area contributed by atoms with Gasteiger partial charge in [-0.25, -0.2) is 22.0 Å². The lowest BCUT2D eigenvalue weighted by Crippen LogP contribution is -2.46. The minimum Gasteiger partial charge on any atom is -0.314 e. The van der Waals surface area contributed by atoms with Gasteiger partial charge in [0.25, 0.3) is 0 Å². The summed E-state index contributed by atoms with van der Waals surface area (Å²) >= 11 is 0. The van der Waals surface area contributed by atoms with Gasteiger partial charge in [0.15, 0.2) is 0 Å². The van der Waals surface area contributed by atoms with Gasteiger partial charge in [0, 0.05) is 56.3 Å². The summed E-state index contributed by atoms with van der Waals surface area (Å²) in [6.45, 7) is 1.94. The predicted molar refractivity (Wildman–Crippen MR) is 64.1 cm³/mol. The van der Waals surface area contributed by atoms with E-state index in [1.165, 1.54) is 0 Å². The van der Waals surface area contributed by atoms with Crippen LogP contribution in [0.4, 0.5) is 22.0 Å². The lowest BCUT2D eigenvalue weighted by molar-refractivity contribution is 0.0709. The lowest BCUT2D eigenvalue weighted by atomic mass is 10.00. The number of alkyl halides is 2. The Kier molecular flexibility index (Phi) is 4.93. The first-order valence-corrected chi connectivity index (χ1v) is 6.36. The van der Waals surface area contributed by atoms with Crippen LogP contribution >= 0.6 is 0 Å². The first kappa shape index (κ1) is 15.2. The van der Waals surface area contributed by atoms with Gasteiger partial charge in [-0.2, -0.15) is 0 Å². The monoisotopic (exact) mass is 294 g/mol. The van der Waals surface area contributed by atoms with Crippen molar-refractivity contribution in [2.75, 3.05) is 26.2 Å². The smallest absolute Gasteiger partial charge is 0.240 e. The fourth-order valence-corrected chi connectivity index (χ4v) is 2.48. The van der Waals surface area contributed by atoms with E-state index in [1.807, 2.05) is 0 Å². The third-order valence-corrected chi connectivity index (χ3v) is 3.37. The quantitative estimate of drug-likeness (QED) is 0.859. The van der Waals surface area contributed by atoms with Crippen LogP contribution in [0.1, 0.15) is 18.0 Å². The van der Waals surface area contributed by atoms with E-state index in [0.717, 1.165) is 0 Å². The van der Waals surface area contributed by atoms with E-state index in [1.54, 1.807) is 4.90 Å². The topological polar surface area (TPSA) is 15.3 Å². The zero-order valence-corrected chi connectivity index (χ0v) is 10.7. The summed E-state index contributed by atoms with van der Waals surface area (Å²) in [6.07, 6.45) is -3.38. The third kappa shape index (κ3) is 3.46. The van der Waals surface area contributed by atoms with Gasteiger partial charge in [-0.05, 0) is 0 Å². The van der Waals surface area contributed by atoms with Crippen molar-refractivity contribution < 1.29 is 22.0 Å². The van der Waals surface area contributed by atoms with Crippen molar-refractivity contribution in [3.63, 3.8) is 0 Å². The molecule has 1 heterocycles. The van der Waals surface area contributed by atoms with Gasteiger partial charge in [-0.3, -0.25) is 4.90 Å². The second-order valence-electron chi connectivity index (χ2n) is 4.71. The molecule has 1 aliphatic rings. The zero-order chi connectivity index (χ0) is 14.7. The molecule has 1 atom stereocenters. The van der Waals surface area contributed by atoms with Crippen LogP contribution in [0.3, 0.4) is 0 Å². The van der Waals surface area contributed by atoms with Gasteiger partial charge in [0.05, 0.1) is 0 Å². The molecule has 112 valence electrons. The molecule has 0 aliphatic carbocycles. The molecule has 1 fully saturated rings. The summed E-state index contributed by atoms with van der Waals surface area (Å²) in [5, 5.41) is 3.04. The van der Waals surface area contributed by atoms with Gasteiger partial charge in [-0.1, -0.05) is 0 Å². The van der Waals surface area contributed by atoms with Crippen molar-refractivity contribution in [1.29, 1.82) is 0 Å². The number of hydrogen-bond acceptors (Lipinski definition) is 2. The Labute approximate surface area is 113 Å². The molecule has 1 aromatic rings. The zero-order valence-electron chi connectivity index (χ0n) is 10.7. The molecule has 0 aromatic heterocycles. The fraction of sp³-hybridized carbons (Fsp3) is 0.538. The van der Waals surface area contributed by atoms with Crippen LogP contribution in [0, 0.1) is 17.5 Å². The number of nitrogens with zero attached hydrogens (tertiary/aromatic N) is 1. The predicted octanol–water partition coefficient (Wildman–Crippen LogP) is 2.71. The van der Waals surface area contributed by atoms with Crippen LogP contribution in [0.5, 0.6) is 0 Å². The Balaban J connectivity index is 2.35. The summed E-state index contributed by atoms with van der Waals surface area (Å²) in [5.74, 6) is -3.29. The maximum Gasteiger partial charge on any atom is 0.240 e. The molecule has 1 aromatic carbocycles. The molecule has 1 saturated heterocycles. The first-order chi connectivity index (χ1) is 9.49. The van der Waals surface area contributed by atoms with Gasteiger partial charge < -0.3 is 5.32 Å². The highest BCUT2D eigenvalue weighted by Crippen LogP contribution is 2.32. The van der Waals surface area contributed by atoms with E-state index >= 15 is 0 Å². The lowest BCUT2D eigenvalue weighted by Gasteiger charge is -2.35. The SMILES string of the molecule is Fc1cc(F)c([C@H](CC(F)F)N2CCNCC2)c(F)c1. The number of hydrogen-bond donors (Lipinski definition) is 1. The van der Waals surface area contributed by atoms with Crippen LogP contribution in [-0.4, -0.2) is 37.5 Å². The fourth-order valence-electron chi connectivity index (χ4n) is 2.48. The number of benzene rings is 1. The highest BCUT2D eigenvalue weighted by atomic mass is 19.3. The largest absolute Gasteiger partial charge is 0.314 e. The number of piperazine rings is 1. The number of rotatable bonds is 4. The average Bonchev–Trinajstić information content (AvgIpc) is 2.37. The van der Waals surface area contributed by atoms with Crippen molar-refractivity contribution in [2.45, 2.75) is 18.9 Å². The highest BCUT2D eigenvalue weighted by Gasteiger charge is 2.30. The summed E-state index contributed by atoms with van der Waals surface area (Å²) in [7, 11) is 0. The Morgan fingerprint density at radius 1 is 1.05 bits per heavy atom. The maximum atomic E-state index is 13.8. The summed E-state index contributed by atoms with van der Waals surface area (Å²) in [5.41, 5.74) is -0.478. The van der Waals surface area contributed by atoms with Crippen molar-refractivity contribution in [3.05, 3.63) is 35.1 Å². The average molecular weight is 294 g/mol. The van der Waals surface area contributed by atoms with Crippen molar-refractivity contribution in [3.8, 4) is 0 Å². The molecule has 0 saturated carbocycles. The summed E-state index contributed by atoms with van der Waals surface area (Å²) < 4.78 is 65.9. The Hall–Kier alpha value is -1.21. The molecule has 20 heavy (non-hydrogen) atoms. The van der Waals surface area contributed by atoms with Crippen LogP contribution in [0.15, 0.2) is 12.1 Å². The molecule has 7 heteroatoms. The molecular formula is C13H15F5N2. The van der Waals surface area contributed by atoms with Crippen LogP contribution < -0.4 is 5.32 Å². The van der Waals surface area contributed by atoms with Gasteiger partial charge >= 0.3 is 0 Å². The Bertz CT molecular complexity index is 437. The molecule has 0 amide bonds. The second-order valence-corrected chi connectivity index (χ2v) is 4.71. The first-order valence-electron chi connectivity index (χ1n) is 6.36. The molecule has 0 radical (unpaired) electrons. The normalized spacial score (nSPS) is 18.5. The van der Waals surface area contributed by atoms with Gasteiger partial charge in [-0.15, -0.1) is 0 Å². The standard InChI is InChI=1S/C13H15F5N2/c14-8-5-9(15)13(10(16)6-8)11(7-12(17)18)20-3-1-19-2-4-20/h5-6,11-12,19H,1-4,7H2/t11-/m0/s1. The molecule has 1 aliphatic heterocycles. The van der Waals surface area contributed by atoms with Gasteiger partial charge in [0.2, 0.25) is 6.43 Å². The van der Waals surface area contributed by atoms with Crippen molar-refractivity contribution >= 4 is 0 Å². The minimum atomic E-state index is -2.70. The van der Waals surface area contributed by atoms with E-state index in [0.29, 0.717) is 38.3 Å². The molecular weight excluding hydrogens is 279 g/mol. The van der Waals surface area contributed by atoms with Crippen LogP contribution in [0.25, 0.3) is 0 Å². The van der Waals surface area contributed by atoms with E-state index in [4.69, 9.17) is 0 Å². The molecule has 2 nitrogen and oxygen atoms in total. The highest BCUT2D eigenvalue weighted by molar-refractivity contribution is 5.24. The summed E-state index contributed by atoms with van der Waals surface area (Å²) in [6, 6.07) is -0.0317. The van der Waals surface area contributed by atoms with Crippen LogP contribution in [0.2, 0.25) is 0 Å². The minimum absolute atomic E-state index is 0.410. The molecule has 2 rings (SSSR count). The molecule has 0 unspecified atom stereocenters. The number of nitrogens with one attached hydrogen (secondary N) is 1. The second kappa shape index (κ2) is 6.49. The van der Waals surface area contributed by atoms with Crippen molar-refractivity contribution in [2.24, 2.45) is 0 Å². The third-order valence-electron chi connectivity index (χ3n) is 3.37. The van der Waals surface area contributed by atoms with E-state index in [2.05, 4.69) is 5.32 Å². The van der Waals surface area contributed by atoms with E-state index in [-0.39, 0.29) is 0 Å². The maximum absolute atomic E-state index is 13.8. The van der Waals surface area contributed by atoms with Gasteiger partial charge in [0.1, 0.15) is 17.5 Å². The number of halogens is 5. The Morgan fingerprint density at radius 3 is 2.10 bits per heavy atom. The Morgan fingerprint density at radius 2 is 1.60 bits per heavy atom. The van der Waals surface area contributed by atoms with Crippen molar-refractivity contribution in [1.82, 2.24) is 10.2 Å². The summed E-state index contributed by atoms with van der Waals surface area (Å²) in [4.78, 5) is 1.60. The molecule has 0 bridgehead atoms. The molecule has 0 spiro atoms. The molecule has 1 N–H and O–H groups in total.